The topological polar surface area (TPSA) is 63.1 Å². The molecule has 2 rings (SSSR count). The lowest BCUT2D eigenvalue weighted by Crippen LogP contribution is -2.10. The molecule has 0 atom stereocenters. The molecular weight excluding hydrogens is 304 g/mol. The van der Waals surface area contributed by atoms with E-state index in [1.165, 1.54) is 0 Å². The third-order valence-electron chi connectivity index (χ3n) is 3.89. The van der Waals surface area contributed by atoms with E-state index in [0.717, 1.165) is 28.0 Å². The van der Waals surface area contributed by atoms with Crippen LogP contribution in [0.2, 0.25) is 0 Å². The summed E-state index contributed by atoms with van der Waals surface area (Å²) in [6.07, 6.45) is 0. The first-order valence-corrected chi connectivity index (χ1v) is 7.75. The highest BCUT2D eigenvalue weighted by Crippen LogP contribution is 2.27. The monoisotopic (exact) mass is 328 g/mol. The predicted octanol–water partition coefficient (Wildman–Crippen LogP) is 3.54. The van der Waals surface area contributed by atoms with E-state index in [1.54, 1.807) is 14.2 Å². The Hall–Kier alpha value is -2.69. The summed E-state index contributed by atoms with van der Waals surface area (Å²) in [6, 6.07) is 9.62. The van der Waals surface area contributed by atoms with Crippen molar-refractivity contribution in [3.05, 3.63) is 52.6 Å². The third kappa shape index (κ3) is 3.98. The highest BCUT2D eigenvalue weighted by molar-refractivity contribution is 5.99. The SMILES string of the molecule is COc1ccc(CN/N=C(/C)c2cc(C)c(O)c(C)c2)cc1OC. The maximum Gasteiger partial charge on any atom is 0.161 e. The molecule has 24 heavy (non-hydrogen) atoms. The number of phenols is 1. The molecule has 0 saturated heterocycles. The third-order valence-corrected chi connectivity index (χ3v) is 3.89. The van der Waals surface area contributed by atoms with E-state index in [0.29, 0.717) is 23.8 Å². The van der Waals surface area contributed by atoms with Crippen molar-refractivity contribution in [1.82, 2.24) is 5.43 Å². The van der Waals surface area contributed by atoms with Crippen LogP contribution in [-0.2, 0) is 6.54 Å². The number of aryl methyl sites for hydroxylation is 2. The molecule has 0 aromatic heterocycles. The van der Waals surface area contributed by atoms with Crippen molar-refractivity contribution < 1.29 is 14.6 Å². The lowest BCUT2D eigenvalue weighted by molar-refractivity contribution is 0.354. The molecule has 0 aliphatic carbocycles. The molecule has 0 unspecified atom stereocenters. The molecule has 0 spiro atoms. The molecule has 2 aromatic carbocycles. The summed E-state index contributed by atoms with van der Waals surface area (Å²) in [5.74, 6) is 1.74. The molecule has 5 heteroatoms. The van der Waals surface area contributed by atoms with Crippen LogP contribution in [0.25, 0.3) is 0 Å². The zero-order valence-electron chi connectivity index (χ0n) is 14.8. The molecule has 0 saturated carbocycles. The van der Waals surface area contributed by atoms with Crippen LogP contribution in [0.15, 0.2) is 35.4 Å². The Balaban J connectivity index is 2.08. The molecule has 0 bridgehead atoms. The molecule has 128 valence electrons. The fraction of sp³-hybridized carbons (Fsp3) is 0.316. The number of hydrazone groups is 1. The number of hydrogen-bond donors (Lipinski definition) is 2. The second kappa shape index (κ2) is 7.73. The Bertz CT molecular complexity index is 731. The fourth-order valence-electron chi connectivity index (χ4n) is 2.47. The van der Waals surface area contributed by atoms with Gasteiger partial charge in [0.25, 0.3) is 0 Å². The van der Waals surface area contributed by atoms with Gasteiger partial charge in [-0.25, -0.2) is 0 Å². The van der Waals surface area contributed by atoms with E-state index >= 15 is 0 Å². The molecule has 2 aromatic rings. The van der Waals surface area contributed by atoms with Crippen LogP contribution >= 0.6 is 0 Å². The van der Waals surface area contributed by atoms with Crippen LogP contribution in [0.1, 0.15) is 29.2 Å². The number of phenolic OH excluding ortho intramolecular Hbond substituents is 1. The van der Waals surface area contributed by atoms with Gasteiger partial charge >= 0.3 is 0 Å². The Morgan fingerprint density at radius 2 is 1.67 bits per heavy atom. The van der Waals surface area contributed by atoms with Gasteiger partial charge in [0.15, 0.2) is 11.5 Å². The smallest absolute Gasteiger partial charge is 0.161 e. The average molecular weight is 328 g/mol. The minimum Gasteiger partial charge on any atom is -0.507 e. The Morgan fingerprint density at radius 1 is 1.04 bits per heavy atom. The number of nitrogens with zero attached hydrogens (tertiary/aromatic N) is 1. The van der Waals surface area contributed by atoms with Gasteiger partial charge < -0.3 is 20.0 Å². The van der Waals surface area contributed by atoms with Crippen LogP contribution in [0.4, 0.5) is 0 Å². The first-order chi connectivity index (χ1) is 11.5. The van der Waals surface area contributed by atoms with E-state index in [4.69, 9.17) is 9.47 Å². The number of hydrogen-bond acceptors (Lipinski definition) is 5. The Labute approximate surface area is 142 Å². The second-order valence-electron chi connectivity index (χ2n) is 5.68. The van der Waals surface area contributed by atoms with Gasteiger partial charge in [0.05, 0.1) is 26.5 Å². The maximum absolute atomic E-state index is 9.85. The van der Waals surface area contributed by atoms with E-state index in [1.807, 2.05) is 51.1 Å². The molecule has 0 radical (unpaired) electrons. The van der Waals surface area contributed by atoms with Crippen molar-refractivity contribution in [1.29, 1.82) is 0 Å². The summed E-state index contributed by atoms with van der Waals surface area (Å²) in [5, 5.41) is 14.3. The number of ether oxygens (including phenoxy) is 2. The summed E-state index contributed by atoms with van der Waals surface area (Å²) in [7, 11) is 3.23. The minimum atomic E-state index is 0.338. The zero-order valence-corrected chi connectivity index (χ0v) is 14.8. The first-order valence-electron chi connectivity index (χ1n) is 7.75. The Kier molecular flexibility index (Phi) is 5.68. The van der Waals surface area contributed by atoms with Gasteiger partial charge in [0, 0.05) is 0 Å². The van der Waals surface area contributed by atoms with Crippen molar-refractivity contribution >= 4 is 5.71 Å². The van der Waals surface area contributed by atoms with Crippen LogP contribution in [0, 0.1) is 13.8 Å². The van der Waals surface area contributed by atoms with Gasteiger partial charge in [-0.05, 0) is 67.3 Å². The second-order valence-corrected chi connectivity index (χ2v) is 5.68. The van der Waals surface area contributed by atoms with E-state index < -0.39 is 0 Å². The number of aromatic hydroxyl groups is 1. The summed E-state index contributed by atoms with van der Waals surface area (Å²) in [4.78, 5) is 0. The molecule has 0 aliphatic heterocycles. The molecule has 5 nitrogen and oxygen atoms in total. The van der Waals surface area contributed by atoms with Crippen LogP contribution in [-0.4, -0.2) is 25.0 Å². The lowest BCUT2D eigenvalue weighted by atomic mass is 10.0. The van der Waals surface area contributed by atoms with Gasteiger partial charge in [-0.2, -0.15) is 5.10 Å². The van der Waals surface area contributed by atoms with Gasteiger partial charge in [-0.15, -0.1) is 0 Å². The van der Waals surface area contributed by atoms with E-state index in [-0.39, 0.29) is 0 Å². The Morgan fingerprint density at radius 3 is 2.25 bits per heavy atom. The molecule has 0 aliphatic rings. The average Bonchev–Trinajstić information content (AvgIpc) is 2.58. The van der Waals surface area contributed by atoms with Crippen molar-refractivity contribution in [2.24, 2.45) is 5.10 Å². The number of nitrogens with one attached hydrogen (secondary N) is 1. The fourth-order valence-corrected chi connectivity index (χ4v) is 2.47. The standard InChI is InChI=1S/C19H24N2O3/c1-12-8-16(9-13(2)19(12)22)14(3)21-20-11-15-6-7-17(23-4)18(10-15)24-5/h6-10,20,22H,11H2,1-5H3/b21-14-. The summed E-state index contributed by atoms with van der Waals surface area (Å²) >= 11 is 0. The highest BCUT2D eigenvalue weighted by atomic mass is 16.5. The minimum absolute atomic E-state index is 0.338. The van der Waals surface area contributed by atoms with Gasteiger partial charge in [-0.1, -0.05) is 6.07 Å². The quantitative estimate of drug-likeness (QED) is 0.629. The first kappa shape index (κ1) is 17.7. The summed E-state index contributed by atoms with van der Waals surface area (Å²) in [6.45, 7) is 6.28. The molecule has 2 N–H and O–H groups in total. The number of rotatable bonds is 6. The lowest BCUT2D eigenvalue weighted by Gasteiger charge is -2.10. The molecule has 0 amide bonds. The van der Waals surface area contributed by atoms with E-state index in [9.17, 15) is 5.11 Å². The van der Waals surface area contributed by atoms with Crippen LogP contribution in [0.5, 0.6) is 17.2 Å². The van der Waals surface area contributed by atoms with Crippen molar-refractivity contribution in [2.75, 3.05) is 14.2 Å². The molecular formula is C19H24N2O3. The number of methoxy groups -OCH3 is 2. The van der Waals surface area contributed by atoms with Crippen molar-refractivity contribution in [2.45, 2.75) is 27.3 Å². The van der Waals surface area contributed by atoms with Gasteiger partial charge in [-0.3, -0.25) is 0 Å². The molecule has 0 heterocycles. The highest BCUT2D eigenvalue weighted by Gasteiger charge is 2.06. The maximum atomic E-state index is 9.85. The molecule has 0 fully saturated rings. The van der Waals surface area contributed by atoms with Crippen molar-refractivity contribution in [3.8, 4) is 17.2 Å². The van der Waals surface area contributed by atoms with E-state index in [2.05, 4.69) is 10.5 Å². The van der Waals surface area contributed by atoms with Crippen LogP contribution in [0.3, 0.4) is 0 Å². The predicted molar refractivity (Wildman–Crippen MR) is 96.2 cm³/mol. The van der Waals surface area contributed by atoms with Crippen molar-refractivity contribution in [3.63, 3.8) is 0 Å². The van der Waals surface area contributed by atoms with Crippen LogP contribution < -0.4 is 14.9 Å². The summed E-state index contributed by atoms with van der Waals surface area (Å²) in [5.41, 5.74) is 7.66. The zero-order chi connectivity index (χ0) is 17.7. The van der Waals surface area contributed by atoms with Gasteiger partial charge in [0.2, 0.25) is 0 Å². The largest absolute Gasteiger partial charge is 0.507 e. The van der Waals surface area contributed by atoms with Gasteiger partial charge in [0.1, 0.15) is 5.75 Å². The number of benzene rings is 2. The normalized spacial score (nSPS) is 11.3. The summed E-state index contributed by atoms with van der Waals surface area (Å²) < 4.78 is 10.5.